The van der Waals surface area contributed by atoms with Gasteiger partial charge in [-0.2, -0.15) is 0 Å². The molecule has 0 atom stereocenters. The van der Waals surface area contributed by atoms with Gasteiger partial charge in [-0.1, -0.05) is 206 Å². The summed E-state index contributed by atoms with van der Waals surface area (Å²) in [5, 5.41) is 12.1. The first kappa shape index (κ1) is 43.2. The van der Waals surface area contributed by atoms with Crippen LogP contribution in [0.2, 0.25) is 0 Å². The number of hydrogen-bond donors (Lipinski definition) is 1. The summed E-state index contributed by atoms with van der Waals surface area (Å²) in [5.74, 6) is 0.262. The molecule has 0 aliphatic rings. The summed E-state index contributed by atoms with van der Waals surface area (Å²) in [6.07, 6.45) is 1.88. The maximum Gasteiger partial charge on any atom is 0.128 e. The van der Waals surface area contributed by atoms with Gasteiger partial charge in [-0.25, -0.2) is 0 Å². The maximum absolute atomic E-state index is 12.1. The average Bonchev–Trinajstić information content (AvgIpc) is 3.26. The SMILES string of the molecule is CC(C)(C)c1cc(-c2cc(-c3ccccc3)cc(-c3[c-]c(-c4cc(-c5ccccc5)ccn4)cc(-c4ccc(C(C)(C)c5ccccc5)cc4)c3)n2)c(O)c(C(C)(C)C)c1.[Pt]. The quantitative estimate of drug-likeness (QED) is 0.154. The number of benzene rings is 6. The predicted molar refractivity (Wildman–Crippen MR) is 251 cm³/mol. The van der Waals surface area contributed by atoms with Crippen molar-refractivity contribution < 1.29 is 26.2 Å². The Morgan fingerprint density at radius 1 is 0.426 bits per heavy atom. The number of phenolic OH excluding ortho intramolecular Hbond substituents is 1. The van der Waals surface area contributed by atoms with Gasteiger partial charge in [0.05, 0.1) is 5.69 Å². The minimum absolute atomic E-state index is 0. The molecule has 0 amide bonds. The minimum Gasteiger partial charge on any atom is -0.507 e. The van der Waals surface area contributed by atoms with E-state index in [1.165, 1.54) is 11.1 Å². The fourth-order valence-corrected chi connectivity index (χ4v) is 7.94. The molecule has 0 unspecified atom stereocenters. The van der Waals surface area contributed by atoms with E-state index in [4.69, 9.17) is 9.97 Å². The van der Waals surface area contributed by atoms with Gasteiger partial charge in [0.15, 0.2) is 0 Å². The first-order valence-electron chi connectivity index (χ1n) is 20.9. The molecule has 0 saturated heterocycles. The van der Waals surface area contributed by atoms with Crippen LogP contribution in [0.3, 0.4) is 0 Å². The van der Waals surface area contributed by atoms with Crippen molar-refractivity contribution in [1.29, 1.82) is 0 Å². The maximum atomic E-state index is 12.1. The van der Waals surface area contributed by atoms with E-state index in [-0.39, 0.29) is 43.1 Å². The molecule has 0 aliphatic heterocycles. The van der Waals surface area contributed by atoms with Crippen molar-refractivity contribution in [2.75, 3.05) is 0 Å². The monoisotopic (exact) mass is 976 g/mol. The minimum atomic E-state index is -0.288. The van der Waals surface area contributed by atoms with Gasteiger partial charge in [-0.3, -0.25) is 9.97 Å². The third kappa shape index (κ3) is 9.24. The molecule has 0 aliphatic carbocycles. The van der Waals surface area contributed by atoms with Crippen LogP contribution in [0.4, 0.5) is 0 Å². The molecule has 2 heterocycles. The third-order valence-electron chi connectivity index (χ3n) is 11.7. The van der Waals surface area contributed by atoms with E-state index < -0.39 is 0 Å². The molecule has 4 heteroatoms. The molecular formula is C57H53N2OPt-. The number of nitrogens with zero attached hydrogens (tertiary/aromatic N) is 2. The van der Waals surface area contributed by atoms with E-state index in [2.05, 4.69) is 213 Å². The molecule has 8 rings (SSSR count). The first-order chi connectivity index (χ1) is 28.6. The van der Waals surface area contributed by atoms with Gasteiger partial charge >= 0.3 is 0 Å². The van der Waals surface area contributed by atoms with Crippen LogP contribution in [0.5, 0.6) is 5.75 Å². The van der Waals surface area contributed by atoms with Crippen LogP contribution in [0.1, 0.15) is 77.6 Å². The third-order valence-corrected chi connectivity index (χ3v) is 11.7. The predicted octanol–water partition coefficient (Wildman–Crippen LogP) is 14.9. The van der Waals surface area contributed by atoms with Gasteiger partial charge in [-0.15, -0.1) is 18.2 Å². The van der Waals surface area contributed by atoms with Crippen molar-refractivity contribution in [3.8, 4) is 72.9 Å². The van der Waals surface area contributed by atoms with Crippen molar-refractivity contribution in [1.82, 2.24) is 9.97 Å². The van der Waals surface area contributed by atoms with Crippen LogP contribution in [0, 0.1) is 6.07 Å². The molecule has 0 fully saturated rings. The van der Waals surface area contributed by atoms with Crippen molar-refractivity contribution in [2.45, 2.75) is 71.6 Å². The average molecular weight is 977 g/mol. The van der Waals surface area contributed by atoms with E-state index in [1.54, 1.807) is 0 Å². The number of hydrogen-bond acceptors (Lipinski definition) is 3. The topological polar surface area (TPSA) is 46.0 Å². The van der Waals surface area contributed by atoms with Gasteiger partial charge < -0.3 is 5.11 Å². The zero-order chi connectivity index (χ0) is 42.2. The molecule has 3 nitrogen and oxygen atoms in total. The molecule has 308 valence electrons. The number of phenols is 1. The van der Waals surface area contributed by atoms with Crippen molar-refractivity contribution >= 4 is 0 Å². The van der Waals surface area contributed by atoms with Gasteiger partial charge in [0.1, 0.15) is 5.75 Å². The van der Waals surface area contributed by atoms with E-state index >= 15 is 0 Å². The van der Waals surface area contributed by atoms with Crippen LogP contribution < -0.4 is 0 Å². The number of pyridine rings is 2. The van der Waals surface area contributed by atoms with E-state index in [0.717, 1.165) is 72.6 Å². The zero-order valence-corrected chi connectivity index (χ0v) is 38.6. The van der Waals surface area contributed by atoms with E-state index in [1.807, 2.05) is 18.3 Å². The van der Waals surface area contributed by atoms with Gasteiger partial charge in [-0.05, 0) is 73.5 Å². The van der Waals surface area contributed by atoms with Crippen LogP contribution in [0.25, 0.3) is 67.2 Å². The Bertz CT molecular complexity index is 2780. The Morgan fingerprint density at radius 3 is 1.51 bits per heavy atom. The molecule has 0 bridgehead atoms. The summed E-state index contributed by atoms with van der Waals surface area (Å²) >= 11 is 0. The summed E-state index contributed by atoms with van der Waals surface area (Å²) in [6, 6.07) is 61.3. The molecule has 1 N–H and O–H groups in total. The van der Waals surface area contributed by atoms with Crippen LogP contribution in [-0.2, 0) is 37.3 Å². The second-order valence-electron chi connectivity index (χ2n) is 18.5. The standard InChI is InChI=1S/C57H53N2O.Pt/c1-55(2,3)48-36-49(54(60)50(37-48)56(4,5)6)53-35-43(39-20-14-10-15-21-39)34-52(59-53)45-31-42(40-24-26-47(27-25-40)57(7,8)46-22-16-11-17-23-46)30-44(32-45)51-33-41(28-29-58-51)38-18-12-9-13-19-38;/h9-31,33-37,60H,1-8H3;/q-1;. The molecule has 8 aromatic rings. The molecule has 61 heavy (non-hydrogen) atoms. The Kier molecular flexibility index (Phi) is 12.2. The zero-order valence-electron chi connectivity index (χ0n) is 36.3. The summed E-state index contributed by atoms with van der Waals surface area (Å²) < 4.78 is 0. The van der Waals surface area contributed by atoms with Crippen LogP contribution in [0.15, 0.2) is 170 Å². The van der Waals surface area contributed by atoms with Crippen molar-refractivity contribution in [3.05, 3.63) is 198 Å². The van der Waals surface area contributed by atoms with E-state index in [0.29, 0.717) is 5.69 Å². The summed E-state index contributed by atoms with van der Waals surface area (Å²) in [6.45, 7) is 17.6. The van der Waals surface area contributed by atoms with Crippen LogP contribution in [-0.4, -0.2) is 15.1 Å². The Morgan fingerprint density at radius 2 is 0.918 bits per heavy atom. The molecule has 0 radical (unpaired) electrons. The summed E-state index contributed by atoms with van der Waals surface area (Å²) in [5.41, 5.74) is 15.1. The summed E-state index contributed by atoms with van der Waals surface area (Å²) in [4.78, 5) is 10.3. The fraction of sp³-hybridized carbons (Fsp3) is 0.193. The largest absolute Gasteiger partial charge is 0.507 e. The normalized spacial score (nSPS) is 11.9. The smallest absolute Gasteiger partial charge is 0.128 e. The Hall–Kier alpha value is -5.89. The van der Waals surface area contributed by atoms with Crippen molar-refractivity contribution in [2.24, 2.45) is 0 Å². The fourth-order valence-electron chi connectivity index (χ4n) is 7.94. The molecule has 0 spiro atoms. The molecule has 6 aromatic carbocycles. The van der Waals surface area contributed by atoms with E-state index in [9.17, 15) is 5.11 Å². The second-order valence-corrected chi connectivity index (χ2v) is 18.5. The van der Waals surface area contributed by atoms with Gasteiger partial charge in [0.25, 0.3) is 0 Å². The Labute approximate surface area is 376 Å². The Balaban J connectivity index is 0.00000561. The van der Waals surface area contributed by atoms with Gasteiger partial charge in [0, 0.05) is 55.2 Å². The number of rotatable bonds is 8. The molecule has 2 aromatic heterocycles. The number of aromatic nitrogens is 2. The second kappa shape index (κ2) is 17.2. The van der Waals surface area contributed by atoms with Gasteiger partial charge in [0.2, 0.25) is 0 Å². The first-order valence-corrected chi connectivity index (χ1v) is 20.9. The molecular weight excluding hydrogens is 924 g/mol. The van der Waals surface area contributed by atoms with Crippen LogP contribution >= 0.6 is 0 Å². The number of aromatic hydroxyl groups is 1. The summed E-state index contributed by atoms with van der Waals surface area (Å²) in [7, 11) is 0. The molecule has 0 saturated carbocycles. The van der Waals surface area contributed by atoms with Crippen molar-refractivity contribution in [3.63, 3.8) is 0 Å².